The largest absolute Gasteiger partial charge is 0.404 e. The number of carbonyl (C=O) groups excluding carboxylic acids is 1. The summed E-state index contributed by atoms with van der Waals surface area (Å²) in [6.07, 6.45) is 4.53. The van der Waals surface area contributed by atoms with Crippen molar-refractivity contribution in [1.29, 1.82) is 5.41 Å². The number of nitrogens with one attached hydrogen (secondary N) is 2. The highest BCUT2D eigenvalue weighted by molar-refractivity contribution is 6.30. The second kappa shape index (κ2) is 9.32. The lowest BCUT2D eigenvalue weighted by atomic mass is 10.0. The van der Waals surface area contributed by atoms with Gasteiger partial charge in [-0.05, 0) is 47.2 Å². The van der Waals surface area contributed by atoms with Gasteiger partial charge in [-0.2, -0.15) is 0 Å². The van der Waals surface area contributed by atoms with Crippen molar-refractivity contribution < 1.29 is 9.90 Å². The number of fused-ring (bicyclic) bond motifs is 1. The van der Waals surface area contributed by atoms with Crippen LogP contribution in [0.2, 0.25) is 5.02 Å². The van der Waals surface area contributed by atoms with Crippen molar-refractivity contribution >= 4 is 40.1 Å². The van der Waals surface area contributed by atoms with E-state index in [2.05, 4.69) is 10.3 Å². The van der Waals surface area contributed by atoms with Crippen molar-refractivity contribution in [2.24, 2.45) is 5.73 Å². The van der Waals surface area contributed by atoms with E-state index >= 15 is 0 Å². The van der Waals surface area contributed by atoms with Gasteiger partial charge in [-0.1, -0.05) is 35.9 Å². The van der Waals surface area contributed by atoms with Crippen molar-refractivity contribution in [3.05, 3.63) is 82.8 Å². The Morgan fingerprint density at radius 2 is 2.07 bits per heavy atom. The molecule has 0 aliphatic carbocycles. The molecule has 0 aliphatic rings. The topological polar surface area (TPSA) is 112 Å². The van der Waals surface area contributed by atoms with Crippen molar-refractivity contribution in [1.82, 2.24) is 10.3 Å². The van der Waals surface area contributed by atoms with Crippen molar-refractivity contribution in [2.45, 2.75) is 12.5 Å². The first-order valence-corrected chi connectivity index (χ1v) is 9.43. The number of nitrogens with two attached hydrogens (primary N) is 1. The molecular weight excluding hydrogens is 388 g/mol. The first-order valence-electron chi connectivity index (χ1n) is 9.05. The SMILES string of the molecule is N=CC(=CN)c1ccc2cnc(C(=O)NC(CCO)c3cccc(Cl)c3)cc2c1. The molecule has 7 heteroatoms. The number of aliphatic hydroxyl groups is 1. The predicted octanol–water partition coefficient (Wildman–Crippen LogP) is 3.69. The highest BCUT2D eigenvalue weighted by Crippen LogP contribution is 2.23. The molecule has 3 rings (SSSR count). The number of halogens is 1. The van der Waals surface area contributed by atoms with Gasteiger partial charge in [0.2, 0.25) is 0 Å². The molecule has 0 saturated heterocycles. The molecule has 0 saturated carbocycles. The summed E-state index contributed by atoms with van der Waals surface area (Å²) in [5.41, 5.74) is 8.00. The van der Waals surface area contributed by atoms with Gasteiger partial charge in [0, 0.05) is 41.2 Å². The van der Waals surface area contributed by atoms with Crippen molar-refractivity contribution in [3.8, 4) is 0 Å². The fourth-order valence-corrected chi connectivity index (χ4v) is 3.28. The highest BCUT2D eigenvalue weighted by Gasteiger charge is 2.17. The third-order valence-corrected chi connectivity index (χ3v) is 4.83. The Morgan fingerprint density at radius 1 is 1.24 bits per heavy atom. The summed E-state index contributed by atoms with van der Waals surface area (Å²) < 4.78 is 0. The van der Waals surface area contributed by atoms with E-state index < -0.39 is 0 Å². The normalized spacial score (nSPS) is 12.6. The molecule has 1 unspecified atom stereocenters. The number of pyridine rings is 1. The molecule has 0 spiro atoms. The average molecular weight is 409 g/mol. The van der Waals surface area contributed by atoms with Gasteiger partial charge >= 0.3 is 0 Å². The van der Waals surface area contributed by atoms with Gasteiger partial charge in [-0.15, -0.1) is 0 Å². The molecule has 1 aromatic heterocycles. The summed E-state index contributed by atoms with van der Waals surface area (Å²) in [4.78, 5) is 17.1. The third kappa shape index (κ3) is 4.80. The van der Waals surface area contributed by atoms with E-state index in [1.807, 2.05) is 24.3 Å². The first kappa shape index (κ1) is 20.5. The summed E-state index contributed by atoms with van der Waals surface area (Å²) in [5.74, 6) is -0.350. The second-order valence-corrected chi connectivity index (χ2v) is 6.93. The summed E-state index contributed by atoms with van der Waals surface area (Å²) in [6, 6.07) is 14.1. The molecule has 5 N–H and O–H groups in total. The standard InChI is InChI=1S/C22H21ClN4O2/c23-19-3-1-2-15(9-19)20(6-7-28)27-22(29)21-10-17-8-14(18(11-24)12-25)4-5-16(17)13-26-21/h1-5,8-13,20,24,28H,6-7,25H2,(H,27,29). The van der Waals surface area contributed by atoms with Crippen LogP contribution in [0.3, 0.4) is 0 Å². The number of rotatable bonds is 7. The van der Waals surface area contributed by atoms with Crippen LogP contribution in [0.5, 0.6) is 0 Å². The van der Waals surface area contributed by atoms with Gasteiger partial charge in [0.1, 0.15) is 5.69 Å². The molecule has 1 atom stereocenters. The second-order valence-electron chi connectivity index (χ2n) is 6.49. The maximum Gasteiger partial charge on any atom is 0.270 e. The van der Waals surface area contributed by atoms with E-state index in [1.165, 1.54) is 12.4 Å². The van der Waals surface area contributed by atoms with Crippen LogP contribution in [0.1, 0.15) is 34.1 Å². The van der Waals surface area contributed by atoms with Gasteiger partial charge in [0.05, 0.1) is 6.04 Å². The van der Waals surface area contributed by atoms with E-state index in [9.17, 15) is 9.90 Å². The fraction of sp³-hybridized carbons (Fsp3) is 0.136. The van der Waals surface area contributed by atoms with Crippen LogP contribution in [0.4, 0.5) is 0 Å². The number of hydrogen-bond donors (Lipinski definition) is 4. The zero-order valence-electron chi connectivity index (χ0n) is 15.6. The minimum atomic E-state index is -0.389. The Balaban J connectivity index is 1.89. The minimum absolute atomic E-state index is 0.0796. The summed E-state index contributed by atoms with van der Waals surface area (Å²) in [5, 5.41) is 22.0. The van der Waals surface area contributed by atoms with Gasteiger partial charge in [-0.25, -0.2) is 0 Å². The minimum Gasteiger partial charge on any atom is -0.404 e. The van der Waals surface area contributed by atoms with E-state index in [4.69, 9.17) is 22.7 Å². The van der Waals surface area contributed by atoms with E-state index in [-0.39, 0.29) is 24.2 Å². The third-order valence-electron chi connectivity index (χ3n) is 4.60. The van der Waals surface area contributed by atoms with Crippen LogP contribution < -0.4 is 11.1 Å². The fourth-order valence-electron chi connectivity index (χ4n) is 3.08. The number of hydrogen-bond acceptors (Lipinski definition) is 5. The highest BCUT2D eigenvalue weighted by atomic mass is 35.5. The molecular formula is C22H21ClN4O2. The van der Waals surface area contributed by atoms with Crippen molar-refractivity contribution in [3.63, 3.8) is 0 Å². The van der Waals surface area contributed by atoms with Crippen LogP contribution in [0, 0.1) is 5.41 Å². The number of allylic oxidation sites excluding steroid dienone is 1. The van der Waals surface area contributed by atoms with Crippen LogP contribution >= 0.6 is 11.6 Å². The lowest BCUT2D eigenvalue weighted by molar-refractivity contribution is 0.0925. The zero-order chi connectivity index (χ0) is 20.8. The molecule has 3 aromatic rings. The predicted molar refractivity (Wildman–Crippen MR) is 116 cm³/mol. The monoisotopic (exact) mass is 408 g/mol. The van der Waals surface area contributed by atoms with Crippen LogP contribution in [-0.2, 0) is 0 Å². The van der Waals surface area contributed by atoms with Crippen LogP contribution in [-0.4, -0.2) is 28.8 Å². The number of nitrogens with zero attached hydrogens (tertiary/aromatic N) is 1. The van der Waals surface area contributed by atoms with Crippen molar-refractivity contribution in [2.75, 3.05) is 6.61 Å². The lowest BCUT2D eigenvalue weighted by Crippen LogP contribution is -2.29. The van der Waals surface area contributed by atoms with Crippen LogP contribution in [0.25, 0.3) is 16.3 Å². The number of aliphatic hydroxyl groups excluding tert-OH is 1. The zero-order valence-corrected chi connectivity index (χ0v) is 16.4. The summed E-state index contributed by atoms with van der Waals surface area (Å²) >= 11 is 6.06. The van der Waals surface area contributed by atoms with E-state index in [0.29, 0.717) is 17.0 Å². The molecule has 148 valence electrons. The first-order chi connectivity index (χ1) is 14.0. The van der Waals surface area contributed by atoms with E-state index in [1.54, 1.807) is 30.5 Å². The summed E-state index contributed by atoms with van der Waals surface area (Å²) in [6.45, 7) is -0.0796. The molecule has 0 radical (unpaired) electrons. The Bertz CT molecular complexity index is 1080. The molecule has 0 fully saturated rings. The Labute approximate surface area is 173 Å². The Hall–Kier alpha value is -3.22. The van der Waals surface area contributed by atoms with Gasteiger partial charge in [0.15, 0.2) is 0 Å². The molecule has 2 aromatic carbocycles. The lowest BCUT2D eigenvalue weighted by Gasteiger charge is -2.18. The number of amides is 1. The maximum atomic E-state index is 12.8. The Morgan fingerprint density at radius 3 is 2.76 bits per heavy atom. The van der Waals surface area contributed by atoms with Crippen LogP contribution in [0.15, 0.2) is 60.9 Å². The molecule has 6 nitrogen and oxygen atoms in total. The molecule has 1 amide bonds. The molecule has 1 heterocycles. The number of benzene rings is 2. The van der Waals surface area contributed by atoms with Gasteiger partial charge in [0.25, 0.3) is 5.91 Å². The number of aromatic nitrogens is 1. The quantitative estimate of drug-likeness (QED) is 0.446. The average Bonchev–Trinajstić information content (AvgIpc) is 2.73. The smallest absolute Gasteiger partial charge is 0.270 e. The van der Waals surface area contributed by atoms with E-state index in [0.717, 1.165) is 21.9 Å². The molecule has 0 bridgehead atoms. The van der Waals surface area contributed by atoms with Gasteiger partial charge in [-0.3, -0.25) is 9.78 Å². The Kier molecular flexibility index (Phi) is 6.59. The molecule has 29 heavy (non-hydrogen) atoms. The summed E-state index contributed by atoms with van der Waals surface area (Å²) in [7, 11) is 0. The molecule has 0 aliphatic heterocycles. The number of carbonyl (C=O) groups is 1. The maximum absolute atomic E-state index is 12.8. The van der Waals surface area contributed by atoms with Gasteiger partial charge < -0.3 is 21.6 Å².